The second-order valence-corrected chi connectivity index (χ2v) is 2.62. The fraction of sp³-hybridized carbons (Fsp3) is 0.111. The van der Waals surface area contributed by atoms with Crippen molar-refractivity contribution in [3.8, 4) is 0 Å². The van der Waals surface area contributed by atoms with E-state index in [1.807, 2.05) is 0 Å². The second kappa shape index (κ2) is 4.87. The van der Waals surface area contributed by atoms with Gasteiger partial charge in [-0.1, -0.05) is 0 Å². The van der Waals surface area contributed by atoms with Crippen molar-refractivity contribution in [3.63, 3.8) is 0 Å². The van der Waals surface area contributed by atoms with Gasteiger partial charge in [-0.3, -0.25) is 9.59 Å². The highest BCUT2D eigenvalue weighted by molar-refractivity contribution is 6.08. The van der Waals surface area contributed by atoms with E-state index in [4.69, 9.17) is 5.11 Å². The number of carboxylic acid groups (broad SMARTS) is 1. The molecule has 0 saturated heterocycles. The van der Waals surface area contributed by atoms with Crippen LogP contribution in [-0.2, 0) is 14.3 Å². The number of allylic oxidation sites excluding steroid dienone is 1. The van der Waals surface area contributed by atoms with Crippen LogP contribution in [0.1, 0.15) is 0 Å². The highest BCUT2D eigenvalue weighted by Crippen LogP contribution is 2.06. The maximum absolute atomic E-state index is 11.3. The number of aromatic nitrogens is 2. The quantitative estimate of drug-likeness (QED) is 0.414. The summed E-state index contributed by atoms with van der Waals surface area (Å²) in [5.74, 6) is -2.10. The molecule has 7 nitrogen and oxygen atoms in total. The van der Waals surface area contributed by atoms with Gasteiger partial charge in [-0.2, -0.15) is 9.78 Å². The number of ether oxygens (including phenoxy) is 1. The van der Waals surface area contributed by atoms with Gasteiger partial charge in [0.1, 0.15) is 0 Å². The predicted octanol–water partition coefficient (Wildman–Crippen LogP) is -0.658. The normalized spacial score (nSPS) is 11.6. The fourth-order valence-corrected chi connectivity index (χ4v) is 1.04. The first-order valence-corrected chi connectivity index (χ1v) is 4.13. The van der Waals surface area contributed by atoms with Crippen LogP contribution < -0.4 is 5.56 Å². The van der Waals surface area contributed by atoms with Crippen molar-refractivity contribution in [1.29, 1.82) is 0 Å². The average molecular weight is 224 g/mol. The summed E-state index contributed by atoms with van der Waals surface area (Å²) in [5, 5.41) is 12.3. The molecule has 7 heteroatoms. The molecule has 0 aliphatic rings. The Morgan fingerprint density at radius 1 is 1.62 bits per heavy atom. The number of aldehydes is 1. The maximum Gasteiger partial charge on any atom is 0.373 e. The van der Waals surface area contributed by atoms with E-state index in [9.17, 15) is 14.4 Å². The summed E-state index contributed by atoms with van der Waals surface area (Å²) >= 11 is 0. The Morgan fingerprint density at radius 2 is 2.31 bits per heavy atom. The molecular weight excluding hydrogens is 216 g/mol. The van der Waals surface area contributed by atoms with Crippen LogP contribution in [0.5, 0.6) is 0 Å². The molecule has 0 aliphatic heterocycles. The molecule has 1 N–H and O–H groups in total. The maximum atomic E-state index is 11.3. The van der Waals surface area contributed by atoms with Crippen molar-refractivity contribution in [2.45, 2.75) is 0 Å². The molecule has 0 amide bonds. The third-order valence-electron chi connectivity index (χ3n) is 1.69. The van der Waals surface area contributed by atoms with E-state index < -0.39 is 23.0 Å². The zero-order chi connectivity index (χ0) is 12.1. The van der Waals surface area contributed by atoms with Crippen LogP contribution in [0.2, 0.25) is 0 Å². The summed E-state index contributed by atoms with van der Waals surface area (Å²) in [6.07, 6.45) is 1.45. The number of aliphatic carboxylic acids is 1. The van der Waals surface area contributed by atoms with E-state index in [0.717, 1.165) is 13.2 Å². The van der Waals surface area contributed by atoms with Crippen molar-refractivity contribution in [1.82, 2.24) is 9.78 Å². The minimum atomic E-state index is -1.46. The summed E-state index contributed by atoms with van der Waals surface area (Å²) in [6.45, 7) is 0. The first-order valence-electron chi connectivity index (χ1n) is 4.13. The van der Waals surface area contributed by atoms with E-state index >= 15 is 0 Å². The van der Waals surface area contributed by atoms with Gasteiger partial charge in [0.25, 0.3) is 5.56 Å². The van der Waals surface area contributed by atoms with E-state index in [0.29, 0.717) is 4.68 Å². The topological polar surface area (TPSA) is 98.5 Å². The zero-order valence-corrected chi connectivity index (χ0v) is 8.28. The highest BCUT2D eigenvalue weighted by atomic mass is 16.5. The van der Waals surface area contributed by atoms with Gasteiger partial charge in [0.15, 0.2) is 12.0 Å². The Labute approximate surface area is 89.6 Å². The minimum Gasteiger partial charge on any atom is -0.488 e. The molecule has 0 bridgehead atoms. The van der Waals surface area contributed by atoms with Crippen LogP contribution in [-0.4, -0.2) is 34.3 Å². The predicted molar refractivity (Wildman–Crippen MR) is 52.4 cm³/mol. The Bertz CT molecular complexity index is 503. The molecular formula is C9H8N2O5. The fourth-order valence-electron chi connectivity index (χ4n) is 1.04. The summed E-state index contributed by atoms with van der Waals surface area (Å²) in [4.78, 5) is 32.8. The van der Waals surface area contributed by atoms with E-state index in [-0.39, 0.29) is 6.29 Å². The second-order valence-electron chi connectivity index (χ2n) is 2.62. The summed E-state index contributed by atoms with van der Waals surface area (Å²) in [6, 6.07) is 2.51. The van der Waals surface area contributed by atoms with E-state index in [1.165, 1.54) is 12.3 Å². The molecule has 0 atom stereocenters. The van der Waals surface area contributed by atoms with Crippen LogP contribution in [0.15, 0.2) is 28.9 Å². The number of hydrogen-bond acceptors (Lipinski definition) is 5. The number of methoxy groups -OCH3 is 1. The lowest BCUT2D eigenvalue weighted by Gasteiger charge is -2.06. The summed E-state index contributed by atoms with van der Waals surface area (Å²) < 4.78 is 5.18. The van der Waals surface area contributed by atoms with Crippen LogP contribution in [0.4, 0.5) is 0 Å². The largest absolute Gasteiger partial charge is 0.488 e. The van der Waals surface area contributed by atoms with Gasteiger partial charge in [0, 0.05) is 12.3 Å². The molecule has 0 saturated carbocycles. The molecule has 0 aliphatic carbocycles. The zero-order valence-electron chi connectivity index (χ0n) is 8.28. The van der Waals surface area contributed by atoms with Crippen molar-refractivity contribution in [2.24, 2.45) is 0 Å². The SMILES string of the molecule is COC(C(=O)O)=C(C=O)n1ncccc1=O. The Hall–Kier alpha value is -2.44. The standard InChI is InChI=1S/C9H8N2O5/c1-16-8(9(14)15)6(5-12)11-7(13)3-2-4-10-11/h2-5H,1H3,(H,14,15). The molecule has 1 rings (SSSR count). The number of carbonyl (C=O) groups excluding carboxylic acids is 1. The van der Waals surface area contributed by atoms with Gasteiger partial charge in [-0.15, -0.1) is 0 Å². The van der Waals surface area contributed by atoms with Crippen LogP contribution in [0, 0.1) is 0 Å². The van der Waals surface area contributed by atoms with Crippen molar-refractivity contribution >= 4 is 18.0 Å². The third-order valence-corrected chi connectivity index (χ3v) is 1.69. The molecule has 1 aromatic heterocycles. The molecule has 84 valence electrons. The van der Waals surface area contributed by atoms with Crippen molar-refractivity contribution in [2.75, 3.05) is 7.11 Å². The molecule has 0 spiro atoms. The number of hydrogen-bond donors (Lipinski definition) is 1. The first-order chi connectivity index (χ1) is 7.61. The van der Waals surface area contributed by atoms with Gasteiger partial charge in [0.05, 0.1) is 7.11 Å². The van der Waals surface area contributed by atoms with E-state index in [2.05, 4.69) is 9.84 Å². The minimum absolute atomic E-state index is 0.196. The number of rotatable bonds is 4. The third kappa shape index (κ3) is 2.14. The molecule has 16 heavy (non-hydrogen) atoms. The number of nitrogens with zero attached hydrogens (tertiary/aromatic N) is 2. The lowest BCUT2D eigenvalue weighted by molar-refractivity contribution is -0.136. The monoisotopic (exact) mass is 224 g/mol. The average Bonchev–Trinajstić information content (AvgIpc) is 2.26. The molecule has 1 aromatic rings. The Balaban J connectivity index is 3.49. The number of carboxylic acids is 1. The molecule has 0 fully saturated rings. The van der Waals surface area contributed by atoms with Crippen molar-refractivity contribution < 1.29 is 19.4 Å². The van der Waals surface area contributed by atoms with Gasteiger partial charge in [-0.25, -0.2) is 4.79 Å². The first kappa shape index (κ1) is 11.6. The molecule has 1 heterocycles. The lowest BCUT2D eigenvalue weighted by Crippen LogP contribution is -2.24. The molecule has 0 unspecified atom stereocenters. The van der Waals surface area contributed by atoms with E-state index in [1.54, 1.807) is 0 Å². The Morgan fingerprint density at radius 3 is 2.75 bits per heavy atom. The number of carbonyl (C=O) groups is 2. The van der Waals surface area contributed by atoms with Gasteiger partial charge >= 0.3 is 5.97 Å². The van der Waals surface area contributed by atoms with Crippen LogP contribution in [0.3, 0.4) is 0 Å². The van der Waals surface area contributed by atoms with Crippen molar-refractivity contribution in [3.05, 3.63) is 34.4 Å². The van der Waals surface area contributed by atoms with Crippen LogP contribution in [0.25, 0.3) is 5.70 Å². The lowest BCUT2D eigenvalue weighted by atomic mass is 10.3. The van der Waals surface area contributed by atoms with Crippen LogP contribution >= 0.6 is 0 Å². The van der Waals surface area contributed by atoms with Gasteiger partial charge < -0.3 is 9.84 Å². The molecule has 0 aromatic carbocycles. The summed E-state index contributed by atoms with van der Waals surface area (Å²) in [5.41, 5.74) is -1.08. The highest BCUT2D eigenvalue weighted by Gasteiger charge is 2.17. The summed E-state index contributed by atoms with van der Waals surface area (Å²) in [7, 11) is 1.08. The van der Waals surface area contributed by atoms with Gasteiger partial charge in [-0.05, 0) is 6.07 Å². The Kier molecular flexibility index (Phi) is 3.54. The van der Waals surface area contributed by atoms with Gasteiger partial charge in [0.2, 0.25) is 5.76 Å². The molecule has 0 radical (unpaired) electrons. The smallest absolute Gasteiger partial charge is 0.373 e.